The molecule has 1 N–H and O–H groups in total. The monoisotopic (exact) mass is 162 g/mol. The molecule has 2 atom stereocenters. The van der Waals surface area contributed by atoms with E-state index in [2.05, 4.69) is 17.3 Å². The first kappa shape index (κ1) is 8.31. The molecule has 0 amide bonds. The average Bonchev–Trinajstić information content (AvgIpc) is 2.19. The third-order valence-corrected chi connectivity index (χ3v) is 2.74. The summed E-state index contributed by atoms with van der Waals surface area (Å²) in [5.41, 5.74) is 0. The maximum Gasteiger partial charge on any atom is 0.0221 e. The van der Waals surface area contributed by atoms with Crippen LogP contribution in [0.2, 0.25) is 0 Å². The number of rotatable bonds is 0. The molecular weight excluding hydrogens is 148 g/mol. The minimum atomic E-state index is 0. The normalized spacial score (nSPS) is 39.3. The Morgan fingerprint density at radius 2 is 1.70 bits per heavy atom. The van der Waals surface area contributed by atoms with E-state index >= 15 is 0 Å². The van der Waals surface area contributed by atoms with Gasteiger partial charge in [0.05, 0.1) is 0 Å². The second-order valence-corrected chi connectivity index (χ2v) is 3.21. The molecule has 2 unspecified atom stereocenters. The Bertz CT molecular complexity index is 102. The number of hydrogen-bond acceptors (Lipinski definition) is 2. The van der Waals surface area contributed by atoms with Crippen molar-refractivity contribution < 1.29 is 0 Å². The zero-order valence-corrected chi connectivity index (χ0v) is 7.16. The highest BCUT2D eigenvalue weighted by Crippen LogP contribution is 2.23. The van der Waals surface area contributed by atoms with Gasteiger partial charge in [-0.05, 0) is 19.9 Å². The third-order valence-electron chi connectivity index (χ3n) is 2.74. The molecule has 2 rings (SSSR count). The molecule has 2 heterocycles. The number of likely N-dealkylation sites (N-methyl/N-ethyl adjacent to an activating group) is 1. The largest absolute Gasteiger partial charge is 0.314 e. The van der Waals surface area contributed by atoms with Crippen LogP contribution in [0.25, 0.3) is 0 Å². The van der Waals surface area contributed by atoms with Crippen molar-refractivity contribution in [3.63, 3.8) is 0 Å². The van der Waals surface area contributed by atoms with Crippen molar-refractivity contribution >= 4 is 12.4 Å². The number of halogens is 1. The van der Waals surface area contributed by atoms with Crippen LogP contribution in [-0.2, 0) is 0 Å². The van der Waals surface area contributed by atoms with Gasteiger partial charge in [0, 0.05) is 25.2 Å². The van der Waals surface area contributed by atoms with Crippen LogP contribution in [0, 0.1) is 0 Å². The van der Waals surface area contributed by atoms with Gasteiger partial charge in [-0.1, -0.05) is 0 Å². The molecule has 0 aliphatic carbocycles. The van der Waals surface area contributed by atoms with Crippen molar-refractivity contribution in [2.24, 2.45) is 0 Å². The lowest BCUT2D eigenvalue weighted by Gasteiger charge is -2.31. The smallest absolute Gasteiger partial charge is 0.0221 e. The number of fused-ring (bicyclic) bond motifs is 2. The highest BCUT2D eigenvalue weighted by atomic mass is 35.5. The summed E-state index contributed by atoms with van der Waals surface area (Å²) in [5.74, 6) is 0. The Morgan fingerprint density at radius 1 is 1.20 bits per heavy atom. The summed E-state index contributed by atoms with van der Waals surface area (Å²) in [7, 11) is 2.25. The van der Waals surface area contributed by atoms with Crippen LogP contribution in [-0.4, -0.2) is 37.1 Å². The molecule has 0 saturated carbocycles. The van der Waals surface area contributed by atoms with E-state index in [9.17, 15) is 0 Å². The fourth-order valence-corrected chi connectivity index (χ4v) is 2.00. The van der Waals surface area contributed by atoms with E-state index in [1.165, 1.54) is 25.9 Å². The molecule has 0 aromatic rings. The zero-order valence-electron chi connectivity index (χ0n) is 6.34. The first-order chi connectivity index (χ1) is 4.38. The van der Waals surface area contributed by atoms with Crippen molar-refractivity contribution in [3.05, 3.63) is 0 Å². The molecule has 2 bridgehead atoms. The van der Waals surface area contributed by atoms with Gasteiger partial charge in [-0.15, -0.1) is 12.4 Å². The molecule has 0 spiro atoms. The number of hydrogen-bond donors (Lipinski definition) is 1. The number of piperazine rings is 1. The molecular formula is C7H15ClN2. The van der Waals surface area contributed by atoms with Crippen LogP contribution in [0.15, 0.2) is 0 Å². The van der Waals surface area contributed by atoms with Crippen molar-refractivity contribution in [2.75, 3.05) is 20.1 Å². The quantitative estimate of drug-likeness (QED) is 0.558. The van der Waals surface area contributed by atoms with Crippen LogP contribution in [0.5, 0.6) is 0 Å². The van der Waals surface area contributed by atoms with Gasteiger partial charge in [0.15, 0.2) is 0 Å². The molecule has 0 aromatic carbocycles. The Hall–Kier alpha value is 0.210. The molecule has 2 saturated heterocycles. The minimum Gasteiger partial charge on any atom is -0.314 e. The molecule has 0 aromatic heterocycles. The van der Waals surface area contributed by atoms with Gasteiger partial charge >= 0.3 is 0 Å². The Morgan fingerprint density at radius 3 is 2.10 bits per heavy atom. The fraction of sp³-hybridized carbons (Fsp3) is 1.00. The van der Waals surface area contributed by atoms with Crippen LogP contribution in [0.3, 0.4) is 0 Å². The first-order valence-electron chi connectivity index (χ1n) is 3.80. The van der Waals surface area contributed by atoms with Crippen molar-refractivity contribution in [2.45, 2.75) is 24.9 Å². The first-order valence-corrected chi connectivity index (χ1v) is 3.80. The third kappa shape index (κ3) is 1.16. The summed E-state index contributed by atoms with van der Waals surface area (Å²) < 4.78 is 0. The van der Waals surface area contributed by atoms with E-state index in [1.54, 1.807) is 0 Å². The average molecular weight is 163 g/mol. The van der Waals surface area contributed by atoms with E-state index < -0.39 is 0 Å². The number of nitrogens with zero attached hydrogens (tertiary/aromatic N) is 1. The Labute approximate surface area is 68.4 Å². The standard InChI is InChI=1S/C7H14N2.ClH/c1-9-6-2-3-7(9)5-8-4-6;/h6-8H,2-5H2,1H3;1H. The molecule has 3 heteroatoms. The number of nitrogens with one attached hydrogen (secondary N) is 1. The summed E-state index contributed by atoms with van der Waals surface area (Å²) in [4.78, 5) is 2.52. The highest BCUT2D eigenvalue weighted by molar-refractivity contribution is 5.85. The van der Waals surface area contributed by atoms with E-state index in [4.69, 9.17) is 0 Å². The van der Waals surface area contributed by atoms with Crippen LogP contribution in [0.1, 0.15) is 12.8 Å². The van der Waals surface area contributed by atoms with E-state index in [0.29, 0.717) is 0 Å². The molecule has 60 valence electrons. The highest BCUT2D eigenvalue weighted by Gasteiger charge is 2.32. The summed E-state index contributed by atoms with van der Waals surface area (Å²) in [5, 5.41) is 3.44. The zero-order chi connectivity index (χ0) is 6.27. The molecule has 2 fully saturated rings. The second kappa shape index (κ2) is 3.07. The lowest BCUT2D eigenvalue weighted by atomic mass is 10.2. The van der Waals surface area contributed by atoms with Crippen LogP contribution < -0.4 is 5.32 Å². The second-order valence-electron chi connectivity index (χ2n) is 3.21. The van der Waals surface area contributed by atoms with E-state index in [-0.39, 0.29) is 12.4 Å². The van der Waals surface area contributed by atoms with Gasteiger partial charge in [-0.2, -0.15) is 0 Å². The molecule has 2 aliphatic heterocycles. The summed E-state index contributed by atoms with van der Waals surface area (Å²) in [6, 6.07) is 1.70. The maximum atomic E-state index is 3.44. The maximum absolute atomic E-state index is 3.44. The van der Waals surface area contributed by atoms with Gasteiger partial charge in [0.2, 0.25) is 0 Å². The predicted octanol–water partition coefficient (Wildman–Crippen LogP) is 0.474. The van der Waals surface area contributed by atoms with E-state index in [0.717, 1.165) is 12.1 Å². The SMILES string of the molecule is CN1C2CCC1CNC2.Cl. The van der Waals surface area contributed by atoms with Crippen molar-refractivity contribution in [1.29, 1.82) is 0 Å². The van der Waals surface area contributed by atoms with Crippen molar-refractivity contribution in [1.82, 2.24) is 10.2 Å². The molecule has 2 nitrogen and oxygen atoms in total. The lowest BCUT2D eigenvalue weighted by molar-refractivity contribution is 0.193. The topological polar surface area (TPSA) is 15.3 Å². The van der Waals surface area contributed by atoms with Gasteiger partial charge in [-0.3, -0.25) is 4.90 Å². The lowest BCUT2D eigenvalue weighted by Crippen LogP contribution is -2.49. The summed E-state index contributed by atoms with van der Waals surface area (Å²) in [6.07, 6.45) is 2.82. The van der Waals surface area contributed by atoms with Gasteiger partial charge < -0.3 is 5.32 Å². The van der Waals surface area contributed by atoms with Crippen molar-refractivity contribution in [3.8, 4) is 0 Å². The molecule has 2 aliphatic rings. The molecule has 10 heavy (non-hydrogen) atoms. The van der Waals surface area contributed by atoms with Gasteiger partial charge in [-0.25, -0.2) is 0 Å². The minimum absolute atomic E-state index is 0. The fourth-order valence-electron chi connectivity index (χ4n) is 2.00. The Kier molecular flexibility index (Phi) is 2.55. The van der Waals surface area contributed by atoms with Gasteiger partial charge in [0.1, 0.15) is 0 Å². The predicted molar refractivity (Wildman–Crippen MR) is 44.7 cm³/mol. The van der Waals surface area contributed by atoms with E-state index in [1.807, 2.05) is 0 Å². The summed E-state index contributed by atoms with van der Waals surface area (Å²) >= 11 is 0. The van der Waals surface area contributed by atoms with Gasteiger partial charge in [0.25, 0.3) is 0 Å². The Balaban J connectivity index is 0.000000500. The summed E-state index contributed by atoms with van der Waals surface area (Å²) in [6.45, 7) is 2.43. The molecule has 0 radical (unpaired) electrons. The van der Waals surface area contributed by atoms with Crippen LogP contribution >= 0.6 is 12.4 Å². The van der Waals surface area contributed by atoms with Crippen LogP contribution in [0.4, 0.5) is 0 Å².